The third kappa shape index (κ3) is 3.33. The molecule has 0 fully saturated rings. The summed E-state index contributed by atoms with van der Waals surface area (Å²) in [5.74, 6) is 0. The van der Waals surface area contributed by atoms with Crippen molar-refractivity contribution in [3.05, 3.63) is 46.5 Å². The van der Waals surface area contributed by atoms with Crippen LogP contribution < -0.4 is 5.32 Å². The van der Waals surface area contributed by atoms with Gasteiger partial charge in [-0.3, -0.25) is 9.67 Å². The number of nitrogens with one attached hydrogen (secondary N) is 1. The number of nitrogens with zero attached hydrogens (tertiary/aromatic N) is 3. The Balaban J connectivity index is 2.11. The van der Waals surface area contributed by atoms with E-state index in [1.165, 1.54) is 5.56 Å². The van der Waals surface area contributed by atoms with E-state index in [4.69, 9.17) is 11.6 Å². The SMILES string of the molecule is CNC(Cc1cccnc1)Cc1c(C)nn(C)c1Cl. The lowest BCUT2D eigenvalue weighted by molar-refractivity contribution is 0.554. The second kappa shape index (κ2) is 6.17. The molecule has 0 radical (unpaired) electrons. The van der Waals surface area contributed by atoms with E-state index in [2.05, 4.69) is 21.5 Å². The summed E-state index contributed by atoms with van der Waals surface area (Å²) in [6.45, 7) is 2.00. The summed E-state index contributed by atoms with van der Waals surface area (Å²) >= 11 is 6.28. The van der Waals surface area contributed by atoms with Crippen LogP contribution in [-0.2, 0) is 19.9 Å². The highest BCUT2D eigenvalue weighted by molar-refractivity contribution is 6.30. The summed E-state index contributed by atoms with van der Waals surface area (Å²) in [7, 11) is 3.84. The van der Waals surface area contributed by atoms with Gasteiger partial charge in [-0.1, -0.05) is 17.7 Å². The minimum Gasteiger partial charge on any atom is -0.316 e. The van der Waals surface area contributed by atoms with Crippen molar-refractivity contribution >= 4 is 11.6 Å². The molecule has 1 N–H and O–H groups in total. The number of aromatic nitrogens is 3. The highest BCUT2D eigenvalue weighted by atomic mass is 35.5. The maximum atomic E-state index is 6.28. The molecule has 0 aliphatic rings. The second-order valence-corrected chi connectivity index (χ2v) is 5.09. The van der Waals surface area contributed by atoms with Gasteiger partial charge in [0.05, 0.1) is 5.69 Å². The lowest BCUT2D eigenvalue weighted by atomic mass is 10.0. The zero-order valence-corrected chi connectivity index (χ0v) is 12.3. The second-order valence-electron chi connectivity index (χ2n) is 4.73. The van der Waals surface area contributed by atoms with Crippen LogP contribution in [0.5, 0.6) is 0 Å². The quantitative estimate of drug-likeness (QED) is 0.911. The van der Waals surface area contributed by atoms with Crippen molar-refractivity contribution in [2.75, 3.05) is 7.05 Å². The van der Waals surface area contributed by atoms with E-state index in [1.54, 1.807) is 10.9 Å². The highest BCUT2D eigenvalue weighted by Gasteiger charge is 2.16. The minimum absolute atomic E-state index is 0.324. The third-order valence-electron chi connectivity index (χ3n) is 3.33. The van der Waals surface area contributed by atoms with Crippen molar-refractivity contribution in [2.24, 2.45) is 7.05 Å². The van der Waals surface area contributed by atoms with Gasteiger partial charge >= 0.3 is 0 Å². The summed E-state index contributed by atoms with van der Waals surface area (Å²) in [4.78, 5) is 4.15. The summed E-state index contributed by atoms with van der Waals surface area (Å²) in [5.41, 5.74) is 3.34. The smallest absolute Gasteiger partial charge is 0.130 e. The molecule has 0 saturated heterocycles. The number of rotatable bonds is 5. The van der Waals surface area contributed by atoms with Crippen molar-refractivity contribution in [1.29, 1.82) is 0 Å². The molecule has 5 heteroatoms. The van der Waals surface area contributed by atoms with Crippen LogP contribution in [0.4, 0.5) is 0 Å². The van der Waals surface area contributed by atoms with Crippen molar-refractivity contribution in [3.63, 3.8) is 0 Å². The van der Waals surface area contributed by atoms with Gasteiger partial charge < -0.3 is 5.32 Å². The molecule has 0 spiro atoms. The average molecular weight is 279 g/mol. The highest BCUT2D eigenvalue weighted by Crippen LogP contribution is 2.21. The topological polar surface area (TPSA) is 42.7 Å². The molecule has 0 aromatic carbocycles. The van der Waals surface area contributed by atoms with Crippen molar-refractivity contribution < 1.29 is 0 Å². The van der Waals surface area contributed by atoms with Crippen LogP contribution in [0, 0.1) is 6.92 Å². The first-order valence-electron chi connectivity index (χ1n) is 6.36. The first-order chi connectivity index (χ1) is 9.11. The van der Waals surface area contributed by atoms with Gasteiger partial charge in [0, 0.05) is 31.0 Å². The molecule has 0 bridgehead atoms. The molecule has 1 atom stereocenters. The summed E-state index contributed by atoms with van der Waals surface area (Å²) in [6, 6.07) is 4.38. The van der Waals surface area contributed by atoms with E-state index in [0.717, 1.165) is 29.3 Å². The zero-order valence-electron chi connectivity index (χ0n) is 11.5. The molecule has 19 heavy (non-hydrogen) atoms. The van der Waals surface area contributed by atoms with Crippen LogP contribution in [0.3, 0.4) is 0 Å². The van der Waals surface area contributed by atoms with E-state index < -0.39 is 0 Å². The number of hydrogen-bond donors (Lipinski definition) is 1. The fraction of sp³-hybridized carbons (Fsp3) is 0.429. The normalized spacial score (nSPS) is 12.6. The van der Waals surface area contributed by atoms with Crippen LogP contribution in [0.1, 0.15) is 16.8 Å². The lowest BCUT2D eigenvalue weighted by Gasteiger charge is -2.16. The monoisotopic (exact) mass is 278 g/mol. The Morgan fingerprint density at radius 1 is 1.42 bits per heavy atom. The fourth-order valence-corrected chi connectivity index (χ4v) is 2.48. The molecule has 102 valence electrons. The molecule has 0 aliphatic carbocycles. The molecule has 0 aliphatic heterocycles. The number of halogens is 1. The number of hydrogen-bond acceptors (Lipinski definition) is 3. The van der Waals surface area contributed by atoms with Gasteiger partial charge in [0.2, 0.25) is 0 Å². The van der Waals surface area contributed by atoms with Gasteiger partial charge in [0.25, 0.3) is 0 Å². The molecular weight excluding hydrogens is 260 g/mol. The number of likely N-dealkylation sites (N-methyl/N-ethyl adjacent to an activating group) is 1. The molecule has 2 heterocycles. The van der Waals surface area contributed by atoms with Gasteiger partial charge in [-0.05, 0) is 38.4 Å². The van der Waals surface area contributed by atoms with Crippen LogP contribution in [-0.4, -0.2) is 27.9 Å². The third-order valence-corrected chi connectivity index (χ3v) is 3.81. The Hall–Kier alpha value is -1.39. The van der Waals surface area contributed by atoms with E-state index in [0.29, 0.717) is 6.04 Å². The Bertz CT molecular complexity index is 536. The Morgan fingerprint density at radius 3 is 2.74 bits per heavy atom. The molecule has 0 saturated carbocycles. The van der Waals surface area contributed by atoms with E-state index in [9.17, 15) is 0 Å². The maximum absolute atomic E-state index is 6.28. The van der Waals surface area contributed by atoms with Crippen molar-refractivity contribution in [3.8, 4) is 0 Å². The van der Waals surface area contributed by atoms with Crippen LogP contribution in [0.15, 0.2) is 24.5 Å². The van der Waals surface area contributed by atoms with E-state index in [1.807, 2.05) is 33.3 Å². The Kier molecular flexibility index (Phi) is 4.56. The fourth-order valence-electron chi connectivity index (χ4n) is 2.23. The minimum atomic E-state index is 0.324. The van der Waals surface area contributed by atoms with Crippen LogP contribution in [0.25, 0.3) is 0 Å². The molecule has 4 nitrogen and oxygen atoms in total. The lowest BCUT2D eigenvalue weighted by Crippen LogP contribution is -2.30. The van der Waals surface area contributed by atoms with E-state index in [-0.39, 0.29) is 0 Å². The molecule has 2 aromatic heterocycles. The summed E-state index contributed by atoms with van der Waals surface area (Å²) < 4.78 is 1.73. The predicted molar refractivity (Wildman–Crippen MR) is 77.4 cm³/mol. The van der Waals surface area contributed by atoms with Gasteiger partial charge in [-0.25, -0.2) is 0 Å². The Morgan fingerprint density at radius 2 is 2.21 bits per heavy atom. The molecule has 0 amide bonds. The summed E-state index contributed by atoms with van der Waals surface area (Å²) in [6.07, 6.45) is 5.49. The van der Waals surface area contributed by atoms with E-state index >= 15 is 0 Å². The van der Waals surface area contributed by atoms with Crippen LogP contribution >= 0.6 is 11.6 Å². The van der Waals surface area contributed by atoms with Gasteiger partial charge in [0.1, 0.15) is 5.15 Å². The maximum Gasteiger partial charge on any atom is 0.130 e. The first-order valence-corrected chi connectivity index (χ1v) is 6.73. The first kappa shape index (κ1) is 14.0. The predicted octanol–water partition coefficient (Wildman–Crippen LogP) is 2.15. The molecule has 2 aromatic rings. The van der Waals surface area contributed by atoms with Gasteiger partial charge in [-0.15, -0.1) is 0 Å². The zero-order chi connectivity index (χ0) is 13.8. The Labute approximate surface area is 118 Å². The molecule has 1 unspecified atom stereocenters. The molecular formula is C14H19ClN4. The number of aryl methyl sites for hydroxylation is 2. The van der Waals surface area contributed by atoms with Crippen molar-refractivity contribution in [1.82, 2.24) is 20.1 Å². The summed E-state index contributed by atoms with van der Waals surface area (Å²) in [5, 5.41) is 8.41. The van der Waals surface area contributed by atoms with Gasteiger partial charge in [0.15, 0.2) is 0 Å². The standard InChI is InChI=1S/C14H19ClN4/c1-10-13(14(15)19(3)18-10)8-12(16-2)7-11-5-4-6-17-9-11/h4-6,9,12,16H,7-8H2,1-3H3. The van der Waals surface area contributed by atoms with Crippen LogP contribution in [0.2, 0.25) is 5.15 Å². The average Bonchev–Trinajstić information content (AvgIpc) is 2.65. The molecule has 2 rings (SSSR count). The number of pyridine rings is 1. The largest absolute Gasteiger partial charge is 0.316 e. The van der Waals surface area contributed by atoms with Gasteiger partial charge in [-0.2, -0.15) is 5.10 Å². The van der Waals surface area contributed by atoms with Crippen molar-refractivity contribution in [2.45, 2.75) is 25.8 Å².